The molecule has 53 heavy (non-hydrogen) atoms. The molecule has 4 aromatic rings. The average molecular weight is 932 g/mol. The highest BCUT2D eigenvalue weighted by atomic mass is 79.9. The Labute approximate surface area is 324 Å². The first-order valence-corrected chi connectivity index (χ1v) is 22.2. The van der Waals surface area contributed by atoms with E-state index in [1.165, 1.54) is 48.5 Å². The van der Waals surface area contributed by atoms with Crippen molar-refractivity contribution in [3.8, 4) is 0 Å². The highest BCUT2D eigenvalue weighted by Crippen LogP contribution is 2.36. The molecule has 0 bridgehead atoms. The molecule has 0 aromatic heterocycles. The monoisotopic (exact) mass is 930 g/mol. The van der Waals surface area contributed by atoms with Crippen LogP contribution in [0.4, 0.5) is 28.9 Å². The van der Waals surface area contributed by atoms with Gasteiger partial charge in [0.05, 0.1) is 41.7 Å². The third-order valence-electron chi connectivity index (χ3n) is 7.59. The van der Waals surface area contributed by atoms with Gasteiger partial charge in [0.15, 0.2) is 29.5 Å². The Morgan fingerprint density at radius 1 is 0.547 bits per heavy atom. The first kappa shape index (κ1) is 46.2. The maximum Gasteiger partial charge on any atom is 0.497 e. The minimum absolute atomic E-state index is 0.0109. The van der Waals surface area contributed by atoms with Gasteiger partial charge < -0.3 is 20.8 Å². The average Bonchev–Trinajstić information content (AvgIpc) is 3.23. The summed E-state index contributed by atoms with van der Waals surface area (Å²) >= 11 is 6.03. The Morgan fingerprint density at radius 2 is 0.906 bits per heavy atom. The van der Waals surface area contributed by atoms with Gasteiger partial charge in [0.2, 0.25) is 0 Å². The zero-order valence-electron chi connectivity index (χ0n) is 29.4. The Morgan fingerprint density at radius 3 is 1.26 bits per heavy atom. The molecule has 0 aliphatic carbocycles. The van der Waals surface area contributed by atoms with Crippen LogP contribution in [-0.2, 0) is 38.8 Å². The van der Waals surface area contributed by atoms with E-state index >= 15 is 0 Å². The van der Waals surface area contributed by atoms with Crippen LogP contribution in [0.5, 0.6) is 0 Å². The van der Waals surface area contributed by atoms with E-state index in [0.29, 0.717) is 4.47 Å². The second-order valence-corrected chi connectivity index (χ2v) is 20.3. The number of nitrogens with two attached hydrogens (primary N) is 2. The minimum Gasteiger partial charge on any atom is -0.399 e. The highest BCUT2D eigenvalue weighted by Gasteiger charge is 2.52. The maximum absolute atomic E-state index is 14.1. The van der Waals surface area contributed by atoms with Crippen LogP contribution in [-0.4, -0.2) is 62.3 Å². The Kier molecular flexibility index (Phi) is 15.4. The van der Waals surface area contributed by atoms with E-state index in [4.69, 9.17) is 20.8 Å². The smallest absolute Gasteiger partial charge is 0.399 e. The largest absolute Gasteiger partial charge is 0.497 e. The van der Waals surface area contributed by atoms with Crippen LogP contribution in [0.1, 0.15) is 27.7 Å². The molecule has 0 amide bonds. The maximum atomic E-state index is 14.1. The van der Waals surface area contributed by atoms with E-state index in [2.05, 4.69) is 31.9 Å². The van der Waals surface area contributed by atoms with Crippen LogP contribution in [0.15, 0.2) is 96.4 Å². The molecule has 0 saturated carbocycles. The van der Waals surface area contributed by atoms with Gasteiger partial charge in [0.1, 0.15) is 23.3 Å². The number of hydrogen-bond donors (Lipinski definition) is 2. The fourth-order valence-corrected chi connectivity index (χ4v) is 6.33. The molecule has 1 saturated heterocycles. The van der Waals surface area contributed by atoms with Crippen LogP contribution < -0.4 is 16.9 Å². The lowest BCUT2D eigenvalue weighted by molar-refractivity contribution is 0.00578. The zero-order valence-corrected chi connectivity index (χ0v) is 35.0. The summed E-state index contributed by atoms with van der Waals surface area (Å²) in [4.78, 5) is -0.132. The number of hydrogen-bond acceptors (Lipinski definition) is 10. The van der Waals surface area contributed by atoms with Crippen molar-refractivity contribution < 1.29 is 52.1 Å². The van der Waals surface area contributed by atoms with Crippen molar-refractivity contribution in [3.05, 3.63) is 105 Å². The van der Waals surface area contributed by atoms with Gasteiger partial charge in [-0.2, -0.15) is 0 Å². The molecule has 0 radical (unpaired) electrons. The number of rotatable bonds is 4. The summed E-state index contributed by atoms with van der Waals surface area (Å²) in [6.07, 6.45) is 3.09. The predicted molar refractivity (Wildman–Crippen MR) is 205 cm³/mol. The Hall–Kier alpha value is -3.01. The second-order valence-electron chi connectivity index (χ2n) is 12.5. The second kappa shape index (κ2) is 17.6. The van der Waals surface area contributed by atoms with Crippen molar-refractivity contribution >= 4 is 85.3 Å². The molecular weight excluding hydrogens is 895 g/mol. The minimum atomic E-state index is -3.43. The SMILES string of the molecule is CC1(C)OB(c2ccc(S(C)(=O)=O)cc2F)OC1(C)C.CS(=O)(=O)c1ccc(Br)c(F)c1.CS(=O)(=O)c1ccc(N)c(F)c1.Nc1ccc(Br)cc1F. The summed E-state index contributed by atoms with van der Waals surface area (Å²) in [6.45, 7) is 7.48. The van der Waals surface area contributed by atoms with Gasteiger partial charge in [0, 0.05) is 28.7 Å². The van der Waals surface area contributed by atoms with E-state index in [9.17, 15) is 42.8 Å². The van der Waals surface area contributed by atoms with E-state index < -0.39 is 65.3 Å². The van der Waals surface area contributed by atoms with Gasteiger partial charge in [0.25, 0.3) is 0 Å². The van der Waals surface area contributed by atoms with Crippen molar-refractivity contribution in [2.75, 3.05) is 30.2 Å². The zero-order chi connectivity index (χ0) is 40.9. The van der Waals surface area contributed by atoms with Crippen molar-refractivity contribution in [1.82, 2.24) is 0 Å². The molecule has 0 unspecified atom stereocenters. The van der Waals surface area contributed by atoms with Gasteiger partial charge in [-0.25, -0.2) is 42.8 Å². The molecular formula is C33H37BBr2F4N2O8S3. The molecule has 1 fully saturated rings. The third kappa shape index (κ3) is 13.4. The van der Waals surface area contributed by atoms with Crippen molar-refractivity contribution in [3.63, 3.8) is 0 Å². The molecule has 5 rings (SSSR count). The van der Waals surface area contributed by atoms with Crippen molar-refractivity contribution in [2.24, 2.45) is 0 Å². The fourth-order valence-electron chi connectivity index (χ4n) is 3.85. The molecule has 4 aromatic carbocycles. The molecule has 10 nitrogen and oxygen atoms in total. The predicted octanol–water partition coefficient (Wildman–Crippen LogP) is 6.50. The third-order valence-corrected chi connectivity index (χ3v) is 12.1. The van der Waals surface area contributed by atoms with Gasteiger partial charge in [-0.1, -0.05) is 22.0 Å². The summed E-state index contributed by atoms with van der Waals surface area (Å²) in [5, 5.41) is 0. The molecule has 20 heteroatoms. The lowest BCUT2D eigenvalue weighted by Crippen LogP contribution is -2.41. The van der Waals surface area contributed by atoms with Crippen LogP contribution in [0, 0.1) is 23.3 Å². The van der Waals surface area contributed by atoms with E-state index in [0.717, 1.165) is 37.0 Å². The van der Waals surface area contributed by atoms with E-state index in [-0.39, 0.29) is 41.8 Å². The molecule has 1 aliphatic heterocycles. The lowest BCUT2D eigenvalue weighted by atomic mass is 9.79. The number of anilines is 2. The lowest BCUT2D eigenvalue weighted by Gasteiger charge is -2.32. The topological polar surface area (TPSA) is 173 Å². The molecule has 0 atom stereocenters. The first-order chi connectivity index (χ1) is 24.0. The van der Waals surface area contributed by atoms with Gasteiger partial charge in [-0.15, -0.1) is 0 Å². The number of halogens is 6. The highest BCUT2D eigenvalue weighted by molar-refractivity contribution is 9.10. The van der Waals surface area contributed by atoms with Crippen LogP contribution >= 0.6 is 31.9 Å². The van der Waals surface area contributed by atoms with Crippen molar-refractivity contribution in [1.29, 1.82) is 0 Å². The van der Waals surface area contributed by atoms with Gasteiger partial charge in [-0.3, -0.25) is 0 Å². The van der Waals surface area contributed by atoms with E-state index in [1.54, 1.807) is 6.07 Å². The van der Waals surface area contributed by atoms with Crippen LogP contribution in [0.2, 0.25) is 0 Å². The van der Waals surface area contributed by atoms with Gasteiger partial charge >= 0.3 is 7.12 Å². The van der Waals surface area contributed by atoms with Gasteiger partial charge in [-0.05, 0) is 110 Å². The van der Waals surface area contributed by atoms with Crippen molar-refractivity contribution in [2.45, 2.75) is 53.6 Å². The summed E-state index contributed by atoms with van der Waals surface area (Å²) in [5.74, 6) is -2.31. The normalized spacial score (nSPS) is 14.8. The standard InChI is InChI=1S/C13H18BFO4S.C7H6BrFO2S.C7H8FNO2S.C6H5BrFN/c1-12(2)13(3,4)19-14(18-12)10-7-6-9(8-11(10)15)20(5,16)17;1-12(10,11)5-2-3-6(8)7(9)4-5;1-12(10,11)5-2-3-7(9)6(8)4-5;7-4-1-2-6(9)5(8)3-4/h6-8H,1-5H3;2-4H,1H3;2-4H,9H2,1H3;1-3H,9H2. The number of benzene rings is 4. The molecule has 0 spiro atoms. The first-order valence-electron chi connectivity index (χ1n) is 14.9. The summed E-state index contributed by atoms with van der Waals surface area (Å²) in [6, 6.07) is 15.4. The number of nitrogen functional groups attached to an aromatic ring is 2. The molecule has 1 heterocycles. The van der Waals surface area contributed by atoms with Crippen LogP contribution in [0.25, 0.3) is 0 Å². The Balaban J connectivity index is 0.000000257. The summed E-state index contributed by atoms with van der Waals surface area (Å²) < 4.78 is 131. The quantitative estimate of drug-likeness (QED) is 0.131. The van der Waals surface area contributed by atoms with E-state index in [1.807, 2.05) is 27.7 Å². The summed E-state index contributed by atoms with van der Waals surface area (Å²) in [5.41, 5.74) is 9.55. The van der Waals surface area contributed by atoms with Crippen LogP contribution in [0.3, 0.4) is 0 Å². The molecule has 1 aliphatic rings. The summed E-state index contributed by atoms with van der Waals surface area (Å²) in [7, 11) is -10.9. The number of sulfone groups is 3. The Bertz CT molecular complexity index is 2200. The molecule has 290 valence electrons. The molecule has 4 N–H and O–H groups in total. The fraction of sp³-hybridized carbons (Fsp3) is 0.273.